The second-order valence-corrected chi connectivity index (χ2v) is 4.28. The van der Waals surface area contributed by atoms with E-state index in [1.54, 1.807) is 24.3 Å². The second kappa shape index (κ2) is 6.68. The van der Waals surface area contributed by atoms with Crippen molar-refractivity contribution in [1.29, 1.82) is 0 Å². The number of ether oxygens (including phenoxy) is 1. The molecule has 1 heterocycles. The van der Waals surface area contributed by atoms with Gasteiger partial charge in [0.25, 0.3) is 5.91 Å². The lowest BCUT2D eigenvalue weighted by Gasteiger charge is -2.08. The third kappa shape index (κ3) is 3.80. The molecule has 5 nitrogen and oxygen atoms in total. The van der Waals surface area contributed by atoms with Crippen molar-refractivity contribution in [3.63, 3.8) is 0 Å². The molecule has 0 spiro atoms. The molecule has 0 fully saturated rings. The van der Waals surface area contributed by atoms with E-state index in [1.165, 1.54) is 0 Å². The lowest BCUT2D eigenvalue weighted by molar-refractivity contribution is 0.102. The van der Waals surface area contributed by atoms with E-state index in [0.29, 0.717) is 30.3 Å². The summed E-state index contributed by atoms with van der Waals surface area (Å²) in [5, 5.41) is 2.79. The first kappa shape index (κ1) is 14.0. The number of benzene rings is 1. The Balaban J connectivity index is 2.07. The zero-order valence-corrected chi connectivity index (χ0v) is 11.3. The predicted molar refractivity (Wildman–Crippen MR) is 77.9 cm³/mol. The van der Waals surface area contributed by atoms with Crippen LogP contribution in [0.2, 0.25) is 0 Å². The summed E-state index contributed by atoms with van der Waals surface area (Å²) >= 11 is 0. The minimum atomic E-state index is -0.246. The number of hydrogen-bond donors (Lipinski definition) is 2. The zero-order chi connectivity index (χ0) is 14.4. The third-order valence-electron chi connectivity index (χ3n) is 2.60. The number of rotatable bonds is 5. The zero-order valence-electron chi connectivity index (χ0n) is 11.3. The van der Waals surface area contributed by atoms with Crippen molar-refractivity contribution >= 4 is 11.6 Å². The van der Waals surface area contributed by atoms with Crippen molar-refractivity contribution in [3.05, 3.63) is 53.9 Å². The van der Waals surface area contributed by atoms with Gasteiger partial charge >= 0.3 is 0 Å². The van der Waals surface area contributed by atoms with Crippen LogP contribution in [0, 0.1) is 6.92 Å². The lowest BCUT2D eigenvalue weighted by atomic mass is 10.2. The van der Waals surface area contributed by atoms with Crippen molar-refractivity contribution in [1.82, 2.24) is 4.98 Å². The second-order valence-electron chi connectivity index (χ2n) is 4.28. The van der Waals surface area contributed by atoms with Gasteiger partial charge in [0, 0.05) is 24.0 Å². The molecule has 0 saturated carbocycles. The van der Waals surface area contributed by atoms with Crippen LogP contribution in [0.4, 0.5) is 5.69 Å². The highest BCUT2D eigenvalue weighted by molar-refractivity contribution is 6.02. The molecule has 0 atom stereocenters. The number of hydrogen-bond acceptors (Lipinski definition) is 4. The maximum atomic E-state index is 12.1. The van der Waals surface area contributed by atoms with Gasteiger partial charge in [-0.15, -0.1) is 0 Å². The van der Waals surface area contributed by atoms with Crippen molar-refractivity contribution in [3.8, 4) is 5.75 Å². The summed E-state index contributed by atoms with van der Waals surface area (Å²) in [5.74, 6) is 0.426. The molecule has 2 rings (SSSR count). The fourth-order valence-electron chi connectivity index (χ4n) is 1.71. The number of anilines is 1. The van der Waals surface area contributed by atoms with Crippen LogP contribution in [0.25, 0.3) is 0 Å². The van der Waals surface area contributed by atoms with Gasteiger partial charge in [-0.1, -0.05) is 12.1 Å². The summed E-state index contributed by atoms with van der Waals surface area (Å²) in [7, 11) is 0. The lowest BCUT2D eigenvalue weighted by Crippen LogP contribution is -2.14. The van der Waals surface area contributed by atoms with E-state index in [1.807, 2.05) is 25.1 Å². The number of carbonyl (C=O) groups is 1. The van der Waals surface area contributed by atoms with Gasteiger partial charge in [-0.3, -0.25) is 4.79 Å². The molecule has 5 heteroatoms. The summed E-state index contributed by atoms with van der Waals surface area (Å²) in [6.45, 7) is 2.73. The van der Waals surface area contributed by atoms with Crippen molar-refractivity contribution in [2.75, 3.05) is 18.5 Å². The fourth-order valence-corrected chi connectivity index (χ4v) is 1.71. The molecule has 0 radical (unpaired) electrons. The maximum Gasteiger partial charge on any atom is 0.274 e. The first-order chi connectivity index (χ1) is 9.69. The summed E-state index contributed by atoms with van der Waals surface area (Å²) in [5.41, 5.74) is 7.23. The average Bonchev–Trinajstić information content (AvgIpc) is 2.45. The topological polar surface area (TPSA) is 77.2 Å². The van der Waals surface area contributed by atoms with E-state index < -0.39 is 0 Å². The molecule has 1 aromatic heterocycles. The van der Waals surface area contributed by atoms with Crippen LogP contribution in [0.15, 0.2) is 42.5 Å². The highest BCUT2D eigenvalue weighted by atomic mass is 16.5. The Bertz CT molecular complexity index is 599. The van der Waals surface area contributed by atoms with Gasteiger partial charge in [-0.05, 0) is 31.2 Å². The van der Waals surface area contributed by atoms with E-state index in [0.717, 1.165) is 5.69 Å². The highest BCUT2D eigenvalue weighted by Crippen LogP contribution is 2.17. The molecule has 1 aromatic carbocycles. The molecule has 2 aromatic rings. The number of amides is 1. The summed E-state index contributed by atoms with van der Waals surface area (Å²) < 4.78 is 5.41. The van der Waals surface area contributed by atoms with E-state index in [4.69, 9.17) is 10.5 Å². The van der Waals surface area contributed by atoms with Crippen molar-refractivity contribution in [2.45, 2.75) is 6.92 Å². The van der Waals surface area contributed by atoms with Gasteiger partial charge in [-0.2, -0.15) is 0 Å². The Hall–Kier alpha value is -2.40. The molecule has 0 unspecified atom stereocenters. The molecule has 0 aliphatic heterocycles. The molecule has 0 aliphatic rings. The number of carbonyl (C=O) groups excluding carboxylic acids is 1. The fraction of sp³-hybridized carbons (Fsp3) is 0.200. The van der Waals surface area contributed by atoms with Crippen LogP contribution >= 0.6 is 0 Å². The molecular weight excluding hydrogens is 254 g/mol. The Morgan fingerprint density at radius 2 is 2.10 bits per heavy atom. The molecule has 3 N–H and O–H groups in total. The van der Waals surface area contributed by atoms with E-state index in [9.17, 15) is 4.79 Å². The van der Waals surface area contributed by atoms with Crippen LogP contribution in [-0.4, -0.2) is 24.0 Å². The van der Waals surface area contributed by atoms with Crippen LogP contribution in [0.5, 0.6) is 5.75 Å². The Kier molecular flexibility index (Phi) is 4.68. The summed E-state index contributed by atoms with van der Waals surface area (Å²) in [4.78, 5) is 16.2. The predicted octanol–water partition coefficient (Wildman–Crippen LogP) is 1.98. The smallest absolute Gasteiger partial charge is 0.274 e. The molecule has 0 bridgehead atoms. The van der Waals surface area contributed by atoms with Crippen LogP contribution in [0.3, 0.4) is 0 Å². The summed E-state index contributed by atoms with van der Waals surface area (Å²) in [6.07, 6.45) is 0. The third-order valence-corrected chi connectivity index (χ3v) is 2.60. The Morgan fingerprint density at radius 3 is 2.85 bits per heavy atom. The molecule has 0 saturated heterocycles. The Labute approximate surface area is 117 Å². The first-order valence-corrected chi connectivity index (χ1v) is 6.37. The summed E-state index contributed by atoms with van der Waals surface area (Å²) in [6, 6.07) is 12.5. The number of nitrogens with zero attached hydrogens (tertiary/aromatic N) is 1. The number of pyridine rings is 1. The monoisotopic (exact) mass is 271 g/mol. The Morgan fingerprint density at radius 1 is 1.30 bits per heavy atom. The van der Waals surface area contributed by atoms with Gasteiger partial charge in [0.2, 0.25) is 0 Å². The highest BCUT2D eigenvalue weighted by Gasteiger charge is 2.08. The number of nitrogens with one attached hydrogen (secondary N) is 1. The normalized spacial score (nSPS) is 10.1. The van der Waals surface area contributed by atoms with Crippen LogP contribution < -0.4 is 15.8 Å². The number of nitrogens with two attached hydrogens (primary N) is 1. The standard InChI is InChI=1S/C15H17N3O2/c1-11-4-2-7-14(17-11)15(19)18-12-5-3-6-13(10-12)20-9-8-16/h2-7,10H,8-9,16H2,1H3,(H,18,19). The van der Waals surface area contributed by atoms with Crippen LogP contribution in [-0.2, 0) is 0 Å². The average molecular weight is 271 g/mol. The number of aromatic nitrogens is 1. The molecule has 1 amide bonds. The van der Waals surface area contributed by atoms with E-state index >= 15 is 0 Å². The minimum absolute atomic E-state index is 0.246. The van der Waals surface area contributed by atoms with E-state index in [2.05, 4.69) is 10.3 Å². The molecular formula is C15H17N3O2. The van der Waals surface area contributed by atoms with Crippen molar-refractivity contribution in [2.24, 2.45) is 5.73 Å². The van der Waals surface area contributed by atoms with Gasteiger partial charge in [0.05, 0.1) is 0 Å². The van der Waals surface area contributed by atoms with Gasteiger partial charge < -0.3 is 15.8 Å². The minimum Gasteiger partial charge on any atom is -0.492 e. The molecule has 20 heavy (non-hydrogen) atoms. The quantitative estimate of drug-likeness (QED) is 0.871. The number of aryl methyl sites for hydroxylation is 1. The van der Waals surface area contributed by atoms with Gasteiger partial charge in [0.1, 0.15) is 18.1 Å². The van der Waals surface area contributed by atoms with Crippen molar-refractivity contribution < 1.29 is 9.53 Å². The van der Waals surface area contributed by atoms with Gasteiger partial charge in [-0.25, -0.2) is 4.98 Å². The van der Waals surface area contributed by atoms with E-state index in [-0.39, 0.29) is 5.91 Å². The SMILES string of the molecule is Cc1cccc(C(=O)Nc2cccc(OCCN)c2)n1. The molecule has 0 aliphatic carbocycles. The maximum absolute atomic E-state index is 12.1. The van der Waals surface area contributed by atoms with Crippen LogP contribution in [0.1, 0.15) is 16.2 Å². The first-order valence-electron chi connectivity index (χ1n) is 6.37. The largest absolute Gasteiger partial charge is 0.492 e. The molecule has 104 valence electrons. The van der Waals surface area contributed by atoms with Gasteiger partial charge in [0.15, 0.2) is 0 Å².